The van der Waals surface area contributed by atoms with Crippen LogP contribution in [0.2, 0.25) is 0 Å². The Balaban J connectivity index is 1.73. The molecule has 0 spiro atoms. The van der Waals surface area contributed by atoms with Gasteiger partial charge in [-0.2, -0.15) is 0 Å². The summed E-state index contributed by atoms with van der Waals surface area (Å²) in [5, 5.41) is 5.99. The first-order valence-electron chi connectivity index (χ1n) is 6.56. The summed E-state index contributed by atoms with van der Waals surface area (Å²) in [5.74, 6) is 1.23. The van der Waals surface area contributed by atoms with E-state index >= 15 is 0 Å². The van der Waals surface area contributed by atoms with E-state index in [1.54, 1.807) is 31.4 Å². The van der Waals surface area contributed by atoms with Gasteiger partial charge < -0.3 is 14.8 Å². The monoisotopic (exact) mass is 264 g/mol. The van der Waals surface area contributed by atoms with Crippen molar-refractivity contribution in [1.82, 2.24) is 5.32 Å². The van der Waals surface area contributed by atoms with Gasteiger partial charge in [-0.15, -0.1) is 0 Å². The van der Waals surface area contributed by atoms with Gasteiger partial charge in [0.25, 0.3) is 0 Å². The predicted molar refractivity (Wildman–Crippen MR) is 73.6 cm³/mol. The highest BCUT2D eigenvalue weighted by molar-refractivity contribution is 5.84. The van der Waals surface area contributed by atoms with Crippen LogP contribution in [0, 0.1) is 5.92 Å². The number of nitrogens with one attached hydrogen (secondary N) is 2. The number of carbonyl (C=O) groups excluding carboxylic acids is 1. The van der Waals surface area contributed by atoms with Gasteiger partial charge in [0.15, 0.2) is 0 Å². The fourth-order valence-electron chi connectivity index (χ4n) is 2.07. The number of amides is 1. The van der Waals surface area contributed by atoms with Crippen molar-refractivity contribution < 1.29 is 14.3 Å². The molecule has 1 aliphatic rings. The lowest BCUT2D eigenvalue weighted by atomic mass is 9.99. The smallest absolute Gasteiger partial charge is 0.411 e. The Bertz CT molecular complexity index is 400. The summed E-state index contributed by atoms with van der Waals surface area (Å²) in [5.41, 5.74) is 0.705. The van der Waals surface area contributed by atoms with Crippen molar-refractivity contribution >= 4 is 11.8 Å². The van der Waals surface area contributed by atoms with Gasteiger partial charge >= 0.3 is 6.09 Å². The minimum absolute atomic E-state index is 0.399. The van der Waals surface area contributed by atoms with E-state index in [0.29, 0.717) is 18.2 Å². The molecule has 5 heteroatoms. The van der Waals surface area contributed by atoms with Crippen LogP contribution < -0.4 is 15.4 Å². The van der Waals surface area contributed by atoms with Crippen LogP contribution >= 0.6 is 0 Å². The molecule has 1 fully saturated rings. The van der Waals surface area contributed by atoms with Gasteiger partial charge in [-0.3, -0.25) is 5.32 Å². The molecule has 0 aliphatic carbocycles. The molecule has 1 aromatic carbocycles. The first kappa shape index (κ1) is 13.7. The van der Waals surface area contributed by atoms with Gasteiger partial charge in [0.1, 0.15) is 5.75 Å². The number of anilines is 1. The lowest BCUT2D eigenvalue weighted by molar-refractivity contribution is 0.131. The molecule has 0 bridgehead atoms. The van der Waals surface area contributed by atoms with Crippen LogP contribution in [0.15, 0.2) is 24.3 Å². The topological polar surface area (TPSA) is 59.6 Å². The number of piperidine rings is 1. The molecular formula is C14H20N2O3. The van der Waals surface area contributed by atoms with Crippen molar-refractivity contribution in [3.05, 3.63) is 24.3 Å². The number of methoxy groups -OCH3 is 1. The zero-order valence-electron chi connectivity index (χ0n) is 11.1. The Morgan fingerprint density at radius 3 is 2.63 bits per heavy atom. The van der Waals surface area contributed by atoms with Gasteiger partial charge in [0, 0.05) is 5.69 Å². The quantitative estimate of drug-likeness (QED) is 0.875. The maximum atomic E-state index is 11.6. The van der Waals surface area contributed by atoms with E-state index in [-0.39, 0.29) is 0 Å². The summed E-state index contributed by atoms with van der Waals surface area (Å²) in [6.07, 6.45) is 1.73. The minimum Gasteiger partial charge on any atom is -0.497 e. The maximum absolute atomic E-state index is 11.6. The second-order valence-corrected chi connectivity index (χ2v) is 4.65. The van der Waals surface area contributed by atoms with Crippen molar-refractivity contribution in [3.63, 3.8) is 0 Å². The zero-order chi connectivity index (χ0) is 13.5. The Kier molecular flexibility index (Phi) is 5.03. The standard InChI is InChI=1S/C14H20N2O3/c1-18-13-4-2-12(3-5-13)16-14(17)19-10-11-6-8-15-9-7-11/h2-5,11,15H,6-10H2,1H3,(H,16,17). The Morgan fingerprint density at radius 2 is 2.00 bits per heavy atom. The van der Waals surface area contributed by atoms with Gasteiger partial charge in [-0.05, 0) is 56.1 Å². The number of benzene rings is 1. The number of rotatable bonds is 4. The largest absolute Gasteiger partial charge is 0.497 e. The molecule has 0 saturated carbocycles. The molecule has 1 aromatic rings. The van der Waals surface area contributed by atoms with Crippen molar-refractivity contribution in [1.29, 1.82) is 0 Å². The van der Waals surface area contributed by atoms with Crippen LogP contribution in [-0.4, -0.2) is 32.9 Å². The molecule has 19 heavy (non-hydrogen) atoms. The van der Waals surface area contributed by atoms with E-state index in [4.69, 9.17) is 9.47 Å². The molecule has 1 saturated heterocycles. The molecule has 2 rings (SSSR count). The van der Waals surface area contributed by atoms with Crippen LogP contribution in [0.4, 0.5) is 10.5 Å². The SMILES string of the molecule is COc1ccc(NC(=O)OCC2CCNCC2)cc1. The summed E-state index contributed by atoms with van der Waals surface area (Å²) >= 11 is 0. The molecule has 0 radical (unpaired) electrons. The van der Waals surface area contributed by atoms with E-state index in [9.17, 15) is 4.79 Å². The van der Waals surface area contributed by atoms with Crippen LogP contribution in [0.3, 0.4) is 0 Å². The Hall–Kier alpha value is -1.75. The zero-order valence-corrected chi connectivity index (χ0v) is 11.1. The molecule has 0 unspecified atom stereocenters. The predicted octanol–water partition coefficient (Wildman–Crippen LogP) is 2.24. The van der Waals surface area contributed by atoms with Crippen LogP contribution in [0.25, 0.3) is 0 Å². The molecule has 2 N–H and O–H groups in total. The third kappa shape index (κ3) is 4.44. The number of ether oxygens (including phenoxy) is 2. The second kappa shape index (κ2) is 6.99. The lowest BCUT2D eigenvalue weighted by Gasteiger charge is -2.22. The molecule has 1 heterocycles. The van der Waals surface area contributed by atoms with E-state index in [2.05, 4.69) is 10.6 Å². The molecule has 5 nitrogen and oxygen atoms in total. The van der Waals surface area contributed by atoms with E-state index in [0.717, 1.165) is 31.7 Å². The highest BCUT2D eigenvalue weighted by Gasteiger charge is 2.15. The average molecular weight is 264 g/mol. The van der Waals surface area contributed by atoms with E-state index < -0.39 is 6.09 Å². The average Bonchev–Trinajstić information content (AvgIpc) is 2.47. The molecule has 0 aromatic heterocycles. The lowest BCUT2D eigenvalue weighted by Crippen LogP contribution is -2.31. The van der Waals surface area contributed by atoms with Gasteiger partial charge in [0.2, 0.25) is 0 Å². The van der Waals surface area contributed by atoms with Gasteiger partial charge in [0.05, 0.1) is 13.7 Å². The normalized spacial score (nSPS) is 15.8. The number of hydrogen-bond acceptors (Lipinski definition) is 4. The Morgan fingerprint density at radius 1 is 1.32 bits per heavy atom. The molecule has 104 valence electrons. The molecule has 1 aliphatic heterocycles. The highest BCUT2D eigenvalue weighted by atomic mass is 16.5. The van der Waals surface area contributed by atoms with Gasteiger partial charge in [-0.25, -0.2) is 4.79 Å². The molecular weight excluding hydrogens is 244 g/mol. The van der Waals surface area contributed by atoms with Crippen LogP contribution in [-0.2, 0) is 4.74 Å². The van der Waals surface area contributed by atoms with E-state index in [1.165, 1.54) is 0 Å². The first-order chi connectivity index (χ1) is 9.28. The number of carbonyl (C=O) groups is 1. The van der Waals surface area contributed by atoms with Crippen molar-refractivity contribution in [2.75, 3.05) is 32.1 Å². The fourth-order valence-corrected chi connectivity index (χ4v) is 2.07. The molecule has 0 atom stereocenters. The molecule has 1 amide bonds. The maximum Gasteiger partial charge on any atom is 0.411 e. The first-order valence-corrected chi connectivity index (χ1v) is 6.56. The van der Waals surface area contributed by atoms with Crippen molar-refractivity contribution in [3.8, 4) is 5.75 Å². The third-order valence-electron chi connectivity index (χ3n) is 3.25. The minimum atomic E-state index is -0.399. The summed E-state index contributed by atoms with van der Waals surface area (Å²) in [4.78, 5) is 11.6. The van der Waals surface area contributed by atoms with Crippen molar-refractivity contribution in [2.24, 2.45) is 5.92 Å². The van der Waals surface area contributed by atoms with Crippen LogP contribution in [0.5, 0.6) is 5.75 Å². The van der Waals surface area contributed by atoms with Crippen molar-refractivity contribution in [2.45, 2.75) is 12.8 Å². The number of hydrogen-bond donors (Lipinski definition) is 2. The summed E-state index contributed by atoms with van der Waals surface area (Å²) in [6.45, 7) is 2.51. The van der Waals surface area contributed by atoms with Crippen LogP contribution in [0.1, 0.15) is 12.8 Å². The summed E-state index contributed by atoms with van der Waals surface area (Å²) < 4.78 is 10.3. The fraction of sp³-hybridized carbons (Fsp3) is 0.500. The highest BCUT2D eigenvalue weighted by Crippen LogP contribution is 2.16. The van der Waals surface area contributed by atoms with E-state index in [1.807, 2.05) is 0 Å². The van der Waals surface area contributed by atoms with Gasteiger partial charge in [-0.1, -0.05) is 0 Å². The summed E-state index contributed by atoms with van der Waals surface area (Å²) in [6, 6.07) is 7.15. The summed E-state index contributed by atoms with van der Waals surface area (Å²) in [7, 11) is 1.61. The Labute approximate surface area is 113 Å². The third-order valence-corrected chi connectivity index (χ3v) is 3.25. The second-order valence-electron chi connectivity index (χ2n) is 4.65.